The van der Waals surface area contributed by atoms with Crippen LogP contribution in [0.2, 0.25) is 0 Å². The first-order chi connectivity index (χ1) is 0. The molecule has 0 N–H and O–H groups in total. The predicted octanol–water partition coefficient (Wildman–Crippen LogP) is -0.573. The third-order valence-corrected chi connectivity index (χ3v) is 0. The Hall–Kier alpha value is 3.11. The van der Waals surface area contributed by atoms with Gasteiger partial charge in [-0.15, -0.1) is 0 Å². The van der Waals surface area contributed by atoms with Gasteiger partial charge in [0.05, 0.1) is 0 Å². The molecule has 0 atom stereocenters. The van der Waals surface area contributed by atoms with Gasteiger partial charge in [-0.2, -0.15) is 0 Å². The van der Waals surface area contributed by atoms with Gasteiger partial charge in [0.25, 0.3) is 0 Å². The summed E-state index contributed by atoms with van der Waals surface area (Å²) in [5.74, 6) is 0. The van der Waals surface area contributed by atoms with Crippen LogP contribution in [0.3, 0.4) is 0 Å². The molecule has 0 aromatic rings. The van der Waals surface area contributed by atoms with Crippen LogP contribution >= 0.6 is 0 Å². The molecule has 0 aliphatic carbocycles. The number of nitrogens with zero attached hydrogens (tertiary/aromatic N) is 2. The van der Waals surface area contributed by atoms with Crippen molar-refractivity contribution in [1.82, 2.24) is 0 Å². The Morgan fingerprint density at radius 1 is 0.375 bits per heavy atom. The van der Waals surface area contributed by atoms with Crippen LogP contribution in [0.5, 0.6) is 0 Å². The summed E-state index contributed by atoms with van der Waals surface area (Å²) in [6.45, 7) is 0. The minimum Gasteiger partial charge on any atom is -3.00 e. The summed E-state index contributed by atoms with van der Waals surface area (Å²) in [5, 5.41) is 0. The average molecular weight is 411 g/mol. The Bertz CT molecular complexity index is 12.5. The van der Waals surface area contributed by atoms with Gasteiger partial charge in [0, 0.05) is 52.8 Å². The molecular formula is Ge3Mn3N2. The molecule has 0 spiro atoms. The van der Waals surface area contributed by atoms with Crippen LogP contribution in [0.15, 0.2) is 0 Å². The van der Waals surface area contributed by atoms with Crippen molar-refractivity contribution in [3.8, 4) is 0 Å². The second-order valence-electron chi connectivity index (χ2n) is 0. The molecule has 0 aliphatic heterocycles. The molecule has 0 heterocycles. The maximum absolute atomic E-state index is 0. The van der Waals surface area contributed by atoms with Gasteiger partial charge in [0.1, 0.15) is 0 Å². The summed E-state index contributed by atoms with van der Waals surface area (Å²) in [5.41, 5.74) is 0. The minimum absolute atomic E-state index is 0. The maximum atomic E-state index is 0. The molecule has 0 rings (SSSR count). The van der Waals surface area contributed by atoms with Crippen LogP contribution in [0.1, 0.15) is 0 Å². The first-order valence-corrected chi connectivity index (χ1v) is 0. The molecule has 2 nitrogen and oxygen atoms in total. The van der Waals surface area contributed by atoms with E-state index in [4.69, 9.17) is 0 Å². The standard InChI is InChI=1S/3Ge.3Mn.2N/q;;;3*+2;2*-3. The van der Waals surface area contributed by atoms with E-state index < -0.39 is 0 Å². The molecule has 0 saturated carbocycles. The van der Waals surface area contributed by atoms with Crippen molar-refractivity contribution in [3.63, 3.8) is 0 Å². The Balaban J connectivity index is 0. The second-order valence-corrected chi connectivity index (χ2v) is 0. The predicted molar refractivity (Wildman–Crippen MR) is 24.0 cm³/mol. The monoisotopic (exact) mass is 415 g/mol. The fourth-order valence-electron chi connectivity index (χ4n) is 0. The van der Waals surface area contributed by atoms with Gasteiger partial charge in [-0.1, -0.05) is 0 Å². The normalized spacial score (nSPS) is 0. The maximum Gasteiger partial charge on any atom is 2.00 e. The molecule has 0 aliphatic rings. The van der Waals surface area contributed by atoms with Crippen molar-refractivity contribution >= 4 is 52.8 Å². The summed E-state index contributed by atoms with van der Waals surface area (Å²) in [4.78, 5) is 0. The van der Waals surface area contributed by atoms with E-state index in [1.807, 2.05) is 0 Å². The van der Waals surface area contributed by atoms with E-state index in [1.54, 1.807) is 0 Å². The fraction of sp³-hybridized carbons (Fsp3) is 0. The van der Waals surface area contributed by atoms with E-state index >= 15 is 0 Å². The van der Waals surface area contributed by atoms with E-state index in [0.29, 0.717) is 0 Å². The summed E-state index contributed by atoms with van der Waals surface area (Å²) in [7, 11) is 0. The SMILES string of the molecule is [Ge].[Ge].[Ge].[Mn+2].[Mn+2].[Mn+2].[N-3].[N-3]. The molecule has 0 fully saturated rings. The summed E-state index contributed by atoms with van der Waals surface area (Å²) >= 11 is 0. The van der Waals surface area contributed by atoms with Crippen molar-refractivity contribution in [2.24, 2.45) is 0 Å². The molecule has 0 aromatic heterocycles. The van der Waals surface area contributed by atoms with Gasteiger partial charge in [0.15, 0.2) is 0 Å². The van der Waals surface area contributed by atoms with Crippen LogP contribution in [0.4, 0.5) is 0 Å². The zero-order valence-corrected chi connectivity index (χ0v) is 13.4. The van der Waals surface area contributed by atoms with Crippen LogP contribution in [-0.2, 0) is 51.2 Å². The Labute approximate surface area is 115 Å². The zero-order chi connectivity index (χ0) is 0. The summed E-state index contributed by atoms with van der Waals surface area (Å²) in [6, 6.07) is 0. The molecule has 43 valence electrons. The second kappa shape index (κ2) is 86.8. The van der Waals surface area contributed by atoms with Crippen LogP contribution in [-0.4, -0.2) is 52.8 Å². The topological polar surface area (TPSA) is 61.0 Å². The first kappa shape index (κ1) is 118. The van der Waals surface area contributed by atoms with Gasteiger partial charge in [-0.25, -0.2) is 0 Å². The van der Waals surface area contributed by atoms with Crippen LogP contribution in [0.25, 0.3) is 12.3 Å². The quantitative estimate of drug-likeness (QED) is 0.480. The summed E-state index contributed by atoms with van der Waals surface area (Å²) in [6.07, 6.45) is 0. The molecule has 0 aromatic carbocycles. The average Bonchev–Trinajstić information content (AvgIpc) is 0. The van der Waals surface area contributed by atoms with E-state index in [2.05, 4.69) is 0 Å². The number of rotatable bonds is 0. The van der Waals surface area contributed by atoms with E-state index in [0.717, 1.165) is 0 Å². The molecule has 15 radical (unpaired) electrons. The molecular weight excluding hydrogens is 411 g/mol. The molecule has 0 unspecified atom stereocenters. The number of hydrogen-bond acceptors (Lipinski definition) is 0. The van der Waals surface area contributed by atoms with Crippen LogP contribution < -0.4 is 0 Å². The third-order valence-electron chi connectivity index (χ3n) is 0. The van der Waals surface area contributed by atoms with Crippen molar-refractivity contribution in [1.29, 1.82) is 0 Å². The van der Waals surface area contributed by atoms with E-state index in [-0.39, 0.29) is 116 Å². The minimum atomic E-state index is 0. The van der Waals surface area contributed by atoms with Crippen molar-refractivity contribution in [2.75, 3.05) is 0 Å². The Morgan fingerprint density at radius 2 is 0.375 bits per heavy atom. The van der Waals surface area contributed by atoms with Gasteiger partial charge >= 0.3 is 51.2 Å². The first-order valence-electron chi connectivity index (χ1n) is 0. The Morgan fingerprint density at radius 3 is 0.375 bits per heavy atom. The van der Waals surface area contributed by atoms with Gasteiger partial charge in [-0.3, -0.25) is 0 Å². The Kier molecular flexibility index (Phi) is 1280. The molecule has 8 heavy (non-hydrogen) atoms. The molecule has 8 heteroatoms. The summed E-state index contributed by atoms with van der Waals surface area (Å²) < 4.78 is 0. The third kappa shape index (κ3) is 62.0. The number of hydrogen-bond donors (Lipinski definition) is 0. The molecule has 0 bridgehead atoms. The van der Waals surface area contributed by atoms with Crippen molar-refractivity contribution in [3.05, 3.63) is 12.3 Å². The van der Waals surface area contributed by atoms with Gasteiger partial charge in [0.2, 0.25) is 0 Å². The van der Waals surface area contributed by atoms with Crippen molar-refractivity contribution < 1.29 is 51.2 Å². The van der Waals surface area contributed by atoms with E-state index in [9.17, 15) is 0 Å². The zero-order valence-electron chi connectivity index (χ0n) is 3.53. The van der Waals surface area contributed by atoms with Gasteiger partial charge < -0.3 is 12.3 Å². The molecule has 0 amide bonds. The van der Waals surface area contributed by atoms with Crippen LogP contribution in [0, 0.1) is 0 Å². The molecule has 0 saturated heterocycles. The largest absolute Gasteiger partial charge is 3.00 e. The van der Waals surface area contributed by atoms with E-state index in [1.165, 1.54) is 0 Å². The smallest absolute Gasteiger partial charge is 2.00 e. The van der Waals surface area contributed by atoms with Gasteiger partial charge in [-0.05, 0) is 0 Å². The fourth-order valence-corrected chi connectivity index (χ4v) is 0. The van der Waals surface area contributed by atoms with Crippen molar-refractivity contribution in [2.45, 2.75) is 0 Å².